The molecule has 46 heavy (non-hydrogen) atoms. The molecule has 1 saturated heterocycles. The first-order valence-corrected chi connectivity index (χ1v) is 14.8. The van der Waals surface area contributed by atoms with Gasteiger partial charge in [0.2, 0.25) is 0 Å². The van der Waals surface area contributed by atoms with E-state index in [0.717, 1.165) is 0 Å². The van der Waals surface area contributed by atoms with Crippen LogP contribution < -0.4 is 0 Å². The third-order valence-electron chi connectivity index (χ3n) is 8.74. The number of nitrogens with zero attached hydrogens (tertiary/aromatic N) is 3. The second-order valence-electron chi connectivity index (χ2n) is 11.4. The van der Waals surface area contributed by atoms with Gasteiger partial charge in [0.15, 0.2) is 11.1 Å². The van der Waals surface area contributed by atoms with Crippen LogP contribution in [-0.2, 0) is 36.0 Å². The van der Waals surface area contributed by atoms with Crippen molar-refractivity contribution in [2.45, 2.75) is 50.5 Å². The third-order valence-corrected chi connectivity index (χ3v) is 8.74. The minimum absolute atomic E-state index is 0.103. The summed E-state index contributed by atoms with van der Waals surface area (Å²) in [5, 5.41) is 48.1. The van der Waals surface area contributed by atoms with Crippen LogP contribution in [0.3, 0.4) is 0 Å². The van der Waals surface area contributed by atoms with Crippen molar-refractivity contribution in [2.24, 2.45) is 0 Å². The van der Waals surface area contributed by atoms with E-state index in [-0.39, 0.29) is 50.4 Å². The van der Waals surface area contributed by atoms with Gasteiger partial charge in [-0.05, 0) is 37.0 Å². The second kappa shape index (κ2) is 12.8. The number of carbonyl (C=O) groups is 4. The highest BCUT2D eigenvalue weighted by Crippen LogP contribution is 2.51. The monoisotopic (exact) mass is 638 g/mol. The average Bonchev–Trinajstić information content (AvgIpc) is 3.43. The first kappa shape index (κ1) is 32.5. The van der Waals surface area contributed by atoms with Crippen LogP contribution in [0.5, 0.6) is 0 Å². The molecule has 2 aromatic carbocycles. The molecule has 2 aliphatic rings. The van der Waals surface area contributed by atoms with Crippen molar-refractivity contribution in [3.05, 3.63) is 88.5 Å². The highest BCUT2D eigenvalue weighted by molar-refractivity contribution is 5.98. The van der Waals surface area contributed by atoms with Crippen molar-refractivity contribution >= 4 is 34.8 Å². The number of hydrogen-bond acceptors (Lipinski definition) is 9. The Morgan fingerprint density at radius 3 is 2.43 bits per heavy atom. The fourth-order valence-electron chi connectivity index (χ4n) is 6.83. The van der Waals surface area contributed by atoms with Crippen LogP contribution >= 0.6 is 0 Å². The lowest BCUT2D eigenvalue weighted by molar-refractivity contribution is -1.11. The number of fused-ring (bicyclic) bond motifs is 2. The maximum absolute atomic E-state index is 14.1. The molecule has 0 aliphatic carbocycles. The number of halogens is 1. The normalized spacial score (nSPS) is 22.8. The molecule has 242 valence electrons. The number of rotatable bonds is 10. The van der Waals surface area contributed by atoms with E-state index in [1.165, 1.54) is 17.2 Å². The molecule has 0 bridgehead atoms. The summed E-state index contributed by atoms with van der Waals surface area (Å²) in [4.78, 5) is 56.4. The van der Waals surface area contributed by atoms with Crippen LogP contribution in [0.1, 0.15) is 55.3 Å². The Kier molecular flexibility index (Phi) is 9.06. The molecule has 2 aliphatic heterocycles. The summed E-state index contributed by atoms with van der Waals surface area (Å²) < 4.78 is 17.3. The zero-order chi connectivity index (χ0) is 33.2. The van der Waals surface area contributed by atoms with Crippen molar-refractivity contribution in [3.8, 4) is 0 Å². The Labute approximate surface area is 261 Å². The molecule has 3 heterocycles. The first-order chi connectivity index (χ1) is 21.9. The van der Waals surface area contributed by atoms with Crippen molar-refractivity contribution in [1.82, 2.24) is 10.2 Å². The fourth-order valence-corrected chi connectivity index (χ4v) is 6.83. The summed E-state index contributed by atoms with van der Waals surface area (Å²) in [6.07, 6.45) is 2.07. The number of benzene rings is 2. The van der Waals surface area contributed by atoms with Crippen molar-refractivity contribution < 1.29 is 58.1 Å². The smallest absolute Gasteiger partial charge is 0.393 e. The number of aliphatic carboxylic acids is 3. The van der Waals surface area contributed by atoms with Crippen molar-refractivity contribution in [3.63, 3.8) is 0 Å². The molecule has 4 N–H and O–H groups in total. The first-order valence-electron chi connectivity index (χ1n) is 14.8. The van der Waals surface area contributed by atoms with Gasteiger partial charge >= 0.3 is 23.9 Å². The topological polar surface area (TPSA) is 188 Å². The summed E-state index contributed by atoms with van der Waals surface area (Å²) in [6, 6.07) is 10.8. The Bertz CT molecular complexity index is 1760. The number of carbonyl (C=O) groups excluding carboxylic acids is 1. The van der Waals surface area contributed by atoms with Gasteiger partial charge in [0, 0.05) is 54.9 Å². The van der Waals surface area contributed by atoms with E-state index >= 15 is 0 Å². The molecule has 3 aromatic rings. The molecule has 5 rings (SSSR count). The van der Waals surface area contributed by atoms with Crippen LogP contribution in [0, 0.1) is 5.82 Å². The van der Waals surface area contributed by atoms with Gasteiger partial charge in [-0.25, -0.2) is 28.8 Å². The maximum Gasteiger partial charge on any atom is 0.393 e. The quantitative estimate of drug-likeness (QED) is 0.184. The summed E-state index contributed by atoms with van der Waals surface area (Å²) in [5.74, 6) is -6.64. The van der Waals surface area contributed by atoms with Gasteiger partial charge < -0.3 is 24.7 Å². The minimum atomic E-state index is -2.06. The maximum atomic E-state index is 14.1. The average molecular weight is 639 g/mol. The third kappa shape index (κ3) is 5.77. The predicted octanol–water partition coefficient (Wildman–Crippen LogP) is 4.13. The van der Waals surface area contributed by atoms with E-state index in [9.17, 15) is 44.1 Å². The number of hydrogen-bond donors (Lipinski definition) is 4. The van der Waals surface area contributed by atoms with Crippen LogP contribution in [0.4, 0.5) is 4.39 Å². The summed E-state index contributed by atoms with van der Waals surface area (Å²) in [5.41, 5.74) is -1.69. The van der Waals surface area contributed by atoms with Crippen molar-refractivity contribution in [2.75, 3.05) is 19.6 Å². The number of piperidine rings is 1. The molecular formula is C32H33FN3O10+. The van der Waals surface area contributed by atoms with E-state index in [1.54, 1.807) is 37.3 Å². The summed E-state index contributed by atoms with van der Waals surface area (Å²) in [7, 11) is 0. The molecule has 2 unspecified atom stereocenters. The largest absolute Gasteiger partial charge is 0.478 e. The van der Waals surface area contributed by atoms with Crippen LogP contribution in [0.2, 0.25) is 0 Å². The number of quaternary nitrogens is 1. The number of carboxylic acid groups (broad SMARTS) is 3. The molecule has 14 heteroatoms. The Balaban J connectivity index is 1.53. The van der Waals surface area contributed by atoms with Gasteiger partial charge in [-0.2, -0.15) is 0 Å². The number of aromatic nitrogens is 1. The molecule has 0 amide bonds. The fraction of sp³-hybridized carbons (Fsp3) is 0.344. The Morgan fingerprint density at radius 2 is 1.78 bits per heavy atom. The van der Waals surface area contributed by atoms with Gasteiger partial charge in [-0.15, -0.1) is 9.71 Å². The van der Waals surface area contributed by atoms with Crippen molar-refractivity contribution in [1.29, 1.82) is 0 Å². The van der Waals surface area contributed by atoms with E-state index in [2.05, 4.69) is 5.16 Å². The standard InChI is InChI=1S/C32H32FN3O10/c1-2-12-32(23-6-4-3-5-19(23)11-15-36(32,44)25(30(41)42)18-28(39)40)24(17-27(37)38)31(43)46-35-13-9-20(10-14-35)29-22-8-7-21(33)16-26(22)45-34-29/h3-8,16-18,20,44H,2,9-15H2,1H3,(H2-,37,38,39,40,41,42)/p+1/b24-17+,25-18+. The van der Waals surface area contributed by atoms with Gasteiger partial charge in [0.1, 0.15) is 17.9 Å². The summed E-state index contributed by atoms with van der Waals surface area (Å²) in [6.45, 7) is 1.76. The lowest BCUT2D eigenvalue weighted by Gasteiger charge is -2.50. The van der Waals surface area contributed by atoms with E-state index in [0.29, 0.717) is 47.2 Å². The van der Waals surface area contributed by atoms with Crippen LogP contribution in [-0.4, -0.2) is 78.9 Å². The zero-order valence-electron chi connectivity index (χ0n) is 24.9. The Hall–Kier alpha value is -4.92. The number of hydroxylamine groups is 5. The lowest BCUT2D eigenvalue weighted by atomic mass is 9.71. The highest BCUT2D eigenvalue weighted by atomic mass is 19.1. The van der Waals surface area contributed by atoms with Crippen LogP contribution in [0.15, 0.2) is 70.4 Å². The predicted molar refractivity (Wildman–Crippen MR) is 156 cm³/mol. The molecule has 0 radical (unpaired) electrons. The molecule has 2 atom stereocenters. The van der Waals surface area contributed by atoms with E-state index < -0.39 is 51.1 Å². The highest BCUT2D eigenvalue weighted by Gasteiger charge is 2.64. The lowest BCUT2D eigenvalue weighted by Crippen LogP contribution is -2.66. The Morgan fingerprint density at radius 1 is 1.09 bits per heavy atom. The molecule has 1 fully saturated rings. The van der Waals surface area contributed by atoms with Gasteiger partial charge in [0.05, 0.1) is 11.8 Å². The molecule has 13 nitrogen and oxygen atoms in total. The van der Waals surface area contributed by atoms with Gasteiger partial charge in [-0.1, -0.05) is 36.3 Å². The SMILES string of the molecule is CCCC1(/C(=C/C(=O)O)C(=O)ON2CCC(c3noc4cc(F)ccc34)CC2)c2ccccc2CC[N+]1(O)/C(=C/C(=O)O)C(=O)O. The minimum Gasteiger partial charge on any atom is -0.478 e. The second-order valence-corrected chi connectivity index (χ2v) is 11.4. The van der Waals surface area contributed by atoms with Gasteiger partial charge in [-0.3, -0.25) is 0 Å². The van der Waals surface area contributed by atoms with E-state index in [1.807, 2.05) is 0 Å². The van der Waals surface area contributed by atoms with Crippen LogP contribution in [0.25, 0.3) is 11.0 Å². The zero-order valence-corrected chi connectivity index (χ0v) is 24.9. The summed E-state index contributed by atoms with van der Waals surface area (Å²) >= 11 is 0. The van der Waals surface area contributed by atoms with E-state index in [4.69, 9.17) is 9.36 Å². The molecular weight excluding hydrogens is 605 g/mol. The van der Waals surface area contributed by atoms with Gasteiger partial charge in [0.25, 0.3) is 5.70 Å². The molecule has 1 aromatic heterocycles. The molecule has 0 spiro atoms. The number of carboxylic acids is 3. The molecule has 0 saturated carbocycles.